The Morgan fingerprint density at radius 3 is 2.26 bits per heavy atom. The number of aromatic nitrogens is 2. The lowest BCUT2D eigenvalue weighted by Crippen LogP contribution is -2.02. The predicted molar refractivity (Wildman–Crippen MR) is 78.5 cm³/mol. The first kappa shape index (κ1) is 11.5. The standard InChI is InChI=1S/C15H14N4/c1-9-5-2-3-6-10(9)11-7-4-8-12-13(11)19-15(17)14(16)18-12/h2-8H,1H3,(H2,16,18)(H2,17,19). The zero-order valence-electron chi connectivity index (χ0n) is 10.6. The van der Waals surface area contributed by atoms with Gasteiger partial charge < -0.3 is 11.5 Å². The predicted octanol–water partition coefficient (Wildman–Crippen LogP) is 2.77. The number of aryl methyl sites for hydroxylation is 1. The zero-order valence-corrected chi connectivity index (χ0v) is 10.6. The molecule has 19 heavy (non-hydrogen) atoms. The molecule has 4 heteroatoms. The molecule has 94 valence electrons. The van der Waals surface area contributed by atoms with Gasteiger partial charge in [0.15, 0.2) is 11.6 Å². The minimum absolute atomic E-state index is 0.272. The van der Waals surface area contributed by atoms with E-state index in [4.69, 9.17) is 11.5 Å². The van der Waals surface area contributed by atoms with Gasteiger partial charge in [-0.25, -0.2) is 9.97 Å². The van der Waals surface area contributed by atoms with Crippen molar-refractivity contribution in [3.05, 3.63) is 48.0 Å². The Balaban J connectivity index is 2.36. The van der Waals surface area contributed by atoms with Crippen molar-refractivity contribution in [1.82, 2.24) is 9.97 Å². The second-order valence-electron chi connectivity index (χ2n) is 4.48. The van der Waals surface area contributed by atoms with Crippen LogP contribution in [-0.4, -0.2) is 9.97 Å². The van der Waals surface area contributed by atoms with Gasteiger partial charge in [-0.3, -0.25) is 0 Å². The third-order valence-corrected chi connectivity index (χ3v) is 3.19. The minimum Gasteiger partial charge on any atom is -0.381 e. The van der Waals surface area contributed by atoms with Crippen LogP contribution in [0.15, 0.2) is 42.5 Å². The molecule has 0 spiro atoms. The van der Waals surface area contributed by atoms with Crippen LogP contribution < -0.4 is 11.5 Å². The van der Waals surface area contributed by atoms with Crippen LogP contribution in [-0.2, 0) is 0 Å². The monoisotopic (exact) mass is 250 g/mol. The van der Waals surface area contributed by atoms with Crippen molar-refractivity contribution in [2.75, 3.05) is 11.5 Å². The van der Waals surface area contributed by atoms with Crippen LogP contribution in [0.25, 0.3) is 22.2 Å². The summed E-state index contributed by atoms with van der Waals surface area (Å²) < 4.78 is 0. The Kier molecular flexibility index (Phi) is 2.56. The summed E-state index contributed by atoms with van der Waals surface area (Å²) in [6.07, 6.45) is 0. The number of fused-ring (bicyclic) bond motifs is 1. The molecule has 3 rings (SSSR count). The second kappa shape index (κ2) is 4.24. The van der Waals surface area contributed by atoms with Crippen molar-refractivity contribution in [2.45, 2.75) is 6.92 Å². The highest BCUT2D eigenvalue weighted by Crippen LogP contribution is 2.30. The number of benzene rings is 2. The molecule has 0 aliphatic carbocycles. The van der Waals surface area contributed by atoms with Gasteiger partial charge in [-0.15, -0.1) is 0 Å². The van der Waals surface area contributed by atoms with E-state index in [0.29, 0.717) is 0 Å². The van der Waals surface area contributed by atoms with Gasteiger partial charge in [0.1, 0.15) is 0 Å². The molecule has 0 unspecified atom stereocenters. The average molecular weight is 250 g/mol. The van der Waals surface area contributed by atoms with E-state index in [-0.39, 0.29) is 11.6 Å². The summed E-state index contributed by atoms with van der Waals surface area (Å²) >= 11 is 0. The van der Waals surface area contributed by atoms with Crippen LogP contribution in [0.2, 0.25) is 0 Å². The number of hydrogen-bond donors (Lipinski definition) is 2. The van der Waals surface area contributed by atoms with Crippen molar-refractivity contribution in [2.24, 2.45) is 0 Å². The SMILES string of the molecule is Cc1ccccc1-c1cccc2nc(N)c(N)nc12. The largest absolute Gasteiger partial charge is 0.381 e. The summed E-state index contributed by atoms with van der Waals surface area (Å²) in [4.78, 5) is 8.66. The summed E-state index contributed by atoms with van der Waals surface area (Å²) in [7, 11) is 0. The van der Waals surface area contributed by atoms with Gasteiger partial charge in [-0.05, 0) is 24.1 Å². The molecular weight excluding hydrogens is 236 g/mol. The number of nitrogens with two attached hydrogens (primary N) is 2. The second-order valence-corrected chi connectivity index (χ2v) is 4.48. The normalized spacial score (nSPS) is 10.8. The molecule has 0 aliphatic rings. The molecule has 0 radical (unpaired) electrons. The maximum Gasteiger partial charge on any atom is 0.166 e. The average Bonchev–Trinajstić information content (AvgIpc) is 2.40. The highest BCUT2D eigenvalue weighted by atomic mass is 15.0. The molecule has 4 N–H and O–H groups in total. The van der Waals surface area contributed by atoms with E-state index < -0.39 is 0 Å². The summed E-state index contributed by atoms with van der Waals surface area (Å²) in [5, 5.41) is 0. The third kappa shape index (κ3) is 1.87. The molecule has 3 aromatic rings. The van der Waals surface area contributed by atoms with E-state index in [1.807, 2.05) is 30.3 Å². The molecule has 0 saturated carbocycles. The van der Waals surface area contributed by atoms with Gasteiger partial charge >= 0.3 is 0 Å². The van der Waals surface area contributed by atoms with E-state index in [0.717, 1.165) is 22.2 Å². The zero-order chi connectivity index (χ0) is 13.4. The lowest BCUT2D eigenvalue weighted by molar-refractivity contribution is 1.31. The van der Waals surface area contributed by atoms with Crippen LogP contribution in [0.4, 0.5) is 11.6 Å². The van der Waals surface area contributed by atoms with Gasteiger partial charge in [0.05, 0.1) is 11.0 Å². The Labute approximate surface area is 111 Å². The Hall–Kier alpha value is -2.62. The molecule has 1 aromatic heterocycles. The minimum atomic E-state index is 0.272. The molecule has 1 heterocycles. The summed E-state index contributed by atoms with van der Waals surface area (Å²) in [5.41, 5.74) is 16.4. The van der Waals surface area contributed by atoms with Crippen molar-refractivity contribution in [3.63, 3.8) is 0 Å². The van der Waals surface area contributed by atoms with Gasteiger partial charge in [-0.2, -0.15) is 0 Å². The van der Waals surface area contributed by atoms with E-state index in [1.165, 1.54) is 5.56 Å². The molecule has 0 aliphatic heterocycles. The molecule has 0 bridgehead atoms. The molecule has 2 aromatic carbocycles. The highest BCUT2D eigenvalue weighted by molar-refractivity contribution is 5.94. The summed E-state index contributed by atoms with van der Waals surface area (Å²) in [5.74, 6) is 0.544. The molecule has 4 nitrogen and oxygen atoms in total. The first-order valence-corrected chi connectivity index (χ1v) is 6.04. The quantitative estimate of drug-likeness (QED) is 0.696. The number of anilines is 2. The van der Waals surface area contributed by atoms with E-state index in [2.05, 4.69) is 29.0 Å². The Morgan fingerprint density at radius 2 is 1.47 bits per heavy atom. The number of para-hydroxylation sites is 1. The first-order chi connectivity index (χ1) is 9.16. The fraction of sp³-hybridized carbons (Fsp3) is 0.0667. The molecular formula is C15H14N4. The maximum atomic E-state index is 5.77. The lowest BCUT2D eigenvalue weighted by Gasteiger charge is -2.09. The van der Waals surface area contributed by atoms with Gasteiger partial charge in [0.25, 0.3) is 0 Å². The van der Waals surface area contributed by atoms with E-state index >= 15 is 0 Å². The number of rotatable bonds is 1. The lowest BCUT2D eigenvalue weighted by atomic mass is 9.99. The fourth-order valence-corrected chi connectivity index (χ4v) is 2.20. The van der Waals surface area contributed by atoms with Crippen LogP contribution in [0.1, 0.15) is 5.56 Å². The van der Waals surface area contributed by atoms with Crippen LogP contribution >= 0.6 is 0 Å². The Bertz CT molecular complexity index is 765. The van der Waals surface area contributed by atoms with Crippen LogP contribution in [0, 0.1) is 6.92 Å². The van der Waals surface area contributed by atoms with Crippen molar-refractivity contribution in [3.8, 4) is 11.1 Å². The van der Waals surface area contributed by atoms with Gasteiger partial charge in [0.2, 0.25) is 0 Å². The fourth-order valence-electron chi connectivity index (χ4n) is 2.20. The maximum absolute atomic E-state index is 5.77. The molecule has 0 fully saturated rings. The van der Waals surface area contributed by atoms with Crippen molar-refractivity contribution in [1.29, 1.82) is 0 Å². The topological polar surface area (TPSA) is 77.8 Å². The van der Waals surface area contributed by atoms with E-state index in [9.17, 15) is 0 Å². The van der Waals surface area contributed by atoms with Crippen LogP contribution in [0.3, 0.4) is 0 Å². The highest BCUT2D eigenvalue weighted by Gasteiger charge is 2.10. The third-order valence-electron chi connectivity index (χ3n) is 3.19. The van der Waals surface area contributed by atoms with Crippen molar-refractivity contribution < 1.29 is 0 Å². The van der Waals surface area contributed by atoms with Gasteiger partial charge in [-0.1, -0.05) is 36.4 Å². The van der Waals surface area contributed by atoms with Crippen molar-refractivity contribution >= 4 is 22.7 Å². The number of nitrogen functional groups attached to an aromatic ring is 2. The molecule has 0 saturated heterocycles. The Morgan fingerprint density at radius 1 is 0.789 bits per heavy atom. The van der Waals surface area contributed by atoms with E-state index in [1.54, 1.807) is 0 Å². The number of nitrogens with zero attached hydrogens (tertiary/aromatic N) is 2. The molecule has 0 amide bonds. The number of hydrogen-bond acceptors (Lipinski definition) is 4. The van der Waals surface area contributed by atoms with Gasteiger partial charge in [0, 0.05) is 5.56 Å². The smallest absolute Gasteiger partial charge is 0.166 e. The summed E-state index contributed by atoms with van der Waals surface area (Å²) in [6, 6.07) is 14.0. The van der Waals surface area contributed by atoms with Crippen LogP contribution in [0.5, 0.6) is 0 Å². The first-order valence-electron chi connectivity index (χ1n) is 6.04. The molecule has 0 atom stereocenters. The summed E-state index contributed by atoms with van der Waals surface area (Å²) in [6.45, 7) is 2.07.